The number of hydrogen-bond acceptors (Lipinski definition) is 6. The number of nitrogens with zero attached hydrogens (tertiary/aromatic N) is 2. The lowest BCUT2D eigenvalue weighted by atomic mass is 10.1. The molecule has 7 heteroatoms. The molecule has 2 heterocycles. The summed E-state index contributed by atoms with van der Waals surface area (Å²) in [5, 5.41) is 9.39. The highest BCUT2D eigenvalue weighted by atomic mass is 32.3. The highest BCUT2D eigenvalue weighted by molar-refractivity contribution is 8.24. The van der Waals surface area contributed by atoms with Gasteiger partial charge in [0.15, 0.2) is 22.5 Å². The number of benzene rings is 2. The van der Waals surface area contributed by atoms with Gasteiger partial charge in [0.25, 0.3) is 0 Å². The first kappa shape index (κ1) is 16.7. The Morgan fingerprint density at radius 1 is 1.04 bits per heavy atom. The van der Waals surface area contributed by atoms with Crippen molar-refractivity contribution < 1.29 is 18.4 Å². The summed E-state index contributed by atoms with van der Waals surface area (Å²) in [7, 11) is -3.45. The van der Waals surface area contributed by atoms with Crippen LogP contribution in [0.3, 0.4) is 0 Å². The van der Waals surface area contributed by atoms with Gasteiger partial charge >= 0.3 is 0 Å². The molecule has 4 rings (SSSR count). The van der Waals surface area contributed by atoms with E-state index in [4.69, 9.17) is 4.18 Å². The lowest BCUT2D eigenvalue weighted by Crippen LogP contribution is -2.33. The SMILES string of the molecule is Oc1ccc(CCN2C=CC=C3C2=Nc2ccccc2OS3(O)O)cc1. The maximum absolute atomic E-state index is 10.5. The number of rotatable bonds is 3. The smallest absolute Gasteiger partial charge is 0.166 e. The van der Waals surface area contributed by atoms with Crippen LogP contribution in [0.4, 0.5) is 5.69 Å². The van der Waals surface area contributed by atoms with Crippen LogP contribution >= 0.6 is 10.9 Å². The predicted molar refractivity (Wildman–Crippen MR) is 103 cm³/mol. The molecule has 6 nitrogen and oxygen atoms in total. The summed E-state index contributed by atoms with van der Waals surface area (Å²) < 4.78 is 26.5. The van der Waals surface area contributed by atoms with Crippen molar-refractivity contribution in [1.82, 2.24) is 4.90 Å². The topological polar surface area (TPSA) is 85.5 Å². The van der Waals surface area contributed by atoms with Gasteiger partial charge in [-0.2, -0.15) is 0 Å². The van der Waals surface area contributed by atoms with E-state index in [-0.39, 0.29) is 10.7 Å². The summed E-state index contributed by atoms with van der Waals surface area (Å²) in [6.45, 7) is 0.592. The molecule has 0 aromatic heterocycles. The van der Waals surface area contributed by atoms with Gasteiger partial charge in [-0.05, 0) is 48.4 Å². The minimum Gasteiger partial charge on any atom is -0.508 e. The fraction of sp³-hybridized carbons (Fsp3) is 0.105. The first-order valence-electron chi connectivity index (χ1n) is 8.12. The Hall–Kier alpha value is -2.74. The molecule has 2 aliphatic rings. The fourth-order valence-electron chi connectivity index (χ4n) is 2.84. The van der Waals surface area contributed by atoms with Crippen LogP contribution < -0.4 is 4.18 Å². The molecule has 0 saturated heterocycles. The van der Waals surface area contributed by atoms with Crippen molar-refractivity contribution in [3.8, 4) is 11.5 Å². The van der Waals surface area contributed by atoms with Crippen LogP contribution in [0.1, 0.15) is 5.56 Å². The first-order valence-corrected chi connectivity index (χ1v) is 9.59. The van der Waals surface area contributed by atoms with Gasteiger partial charge in [0.05, 0.1) is 0 Å². The van der Waals surface area contributed by atoms with E-state index < -0.39 is 10.9 Å². The molecule has 3 N–H and O–H groups in total. The van der Waals surface area contributed by atoms with Gasteiger partial charge in [-0.1, -0.05) is 24.3 Å². The normalized spacial score (nSPS) is 18.6. The summed E-state index contributed by atoms with van der Waals surface area (Å²) in [5.74, 6) is 1.04. The van der Waals surface area contributed by atoms with Crippen molar-refractivity contribution in [3.63, 3.8) is 0 Å². The molecule has 26 heavy (non-hydrogen) atoms. The van der Waals surface area contributed by atoms with Crippen LogP contribution in [0.5, 0.6) is 11.5 Å². The van der Waals surface area contributed by atoms with Crippen LogP contribution in [0.25, 0.3) is 0 Å². The zero-order chi connectivity index (χ0) is 18.1. The van der Waals surface area contributed by atoms with Crippen LogP contribution in [-0.2, 0) is 6.42 Å². The predicted octanol–water partition coefficient (Wildman–Crippen LogP) is 4.44. The Kier molecular flexibility index (Phi) is 4.20. The first-order chi connectivity index (χ1) is 12.5. The van der Waals surface area contributed by atoms with Gasteiger partial charge in [0, 0.05) is 12.7 Å². The second kappa shape index (κ2) is 6.53. The van der Waals surface area contributed by atoms with E-state index in [1.807, 2.05) is 29.3 Å². The molecule has 0 bridgehead atoms. The molecule has 0 radical (unpaired) electrons. The average Bonchev–Trinajstić information content (AvgIpc) is 2.74. The molecule has 0 spiro atoms. The summed E-state index contributed by atoms with van der Waals surface area (Å²) in [4.78, 5) is 6.77. The van der Waals surface area contributed by atoms with Crippen molar-refractivity contribution in [1.29, 1.82) is 0 Å². The fourth-order valence-corrected chi connectivity index (χ4v) is 3.98. The lowest BCUT2D eigenvalue weighted by Gasteiger charge is -2.33. The minimum atomic E-state index is -3.45. The molecular formula is C19H18N2O4S. The van der Waals surface area contributed by atoms with Gasteiger partial charge in [-0.15, -0.1) is 0 Å². The number of fused-ring (bicyclic) bond motifs is 2. The van der Waals surface area contributed by atoms with E-state index in [1.54, 1.807) is 42.5 Å². The Morgan fingerprint density at radius 2 is 1.81 bits per heavy atom. The summed E-state index contributed by atoms with van der Waals surface area (Å²) in [5.41, 5.74) is 1.61. The van der Waals surface area contributed by atoms with E-state index >= 15 is 0 Å². The van der Waals surface area contributed by atoms with Crippen LogP contribution in [-0.4, -0.2) is 31.5 Å². The van der Waals surface area contributed by atoms with Crippen molar-refractivity contribution in [2.24, 2.45) is 4.99 Å². The number of amidine groups is 1. The average molecular weight is 370 g/mol. The third kappa shape index (κ3) is 3.20. The standard InChI is InChI=1S/C19H18N2O4S/c22-15-9-7-14(8-10-15)11-13-21-12-3-6-18-19(21)20-16-4-1-2-5-17(16)25-26(18,23)24/h1-10,12,22-24H,11,13H2. The number of para-hydroxylation sites is 2. The van der Waals surface area contributed by atoms with Crippen LogP contribution in [0.2, 0.25) is 0 Å². The van der Waals surface area contributed by atoms with Crippen molar-refractivity contribution in [3.05, 3.63) is 77.4 Å². The second-order valence-corrected chi connectivity index (χ2v) is 7.57. The maximum Gasteiger partial charge on any atom is 0.166 e. The highest BCUT2D eigenvalue weighted by Gasteiger charge is 2.36. The van der Waals surface area contributed by atoms with E-state index in [0.717, 1.165) is 5.56 Å². The largest absolute Gasteiger partial charge is 0.508 e. The molecule has 0 saturated carbocycles. The monoisotopic (exact) mass is 370 g/mol. The Morgan fingerprint density at radius 3 is 2.62 bits per heavy atom. The molecule has 2 aliphatic heterocycles. The summed E-state index contributed by atoms with van der Waals surface area (Å²) >= 11 is 0. The van der Waals surface area contributed by atoms with E-state index in [0.29, 0.717) is 30.2 Å². The Balaban J connectivity index is 1.65. The molecule has 134 valence electrons. The van der Waals surface area contributed by atoms with E-state index in [9.17, 15) is 14.2 Å². The number of aliphatic imine (C=N–C) groups is 1. The third-order valence-corrected chi connectivity index (χ3v) is 5.47. The number of allylic oxidation sites excluding steroid dienone is 2. The molecule has 0 atom stereocenters. The van der Waals surface area contributed by atoms with Gasteiger partial charge in [-0.25, -0.2) is 4.99 Å². The van der Waals surface area contributed by atoms with Crippen molar-refractivity contribution >= 4 is 22.4 Å². The maximum atomic E-state index is 10.5. The minimum absolute atomic E-state index is 0.229. The molecule has 0 aliphatic carbocycles. The second-order valence-electron chi connectivity index (χ2n) is 5.97. The molecule has 2 aromatic rings. The zero-order valence-corrected chi connectivity index (χ0v) is 14.6. The quantitative estimate of drug-likeness (QED) is 0.744. The van der Waals surface area contributed by atoms with Gasteiger partial charge in [-0.3, -0.25) is 9.11 Å². The molecule has 0 amide bonds. The van der Waals surface area contributed by atoms with Crippen LogP contribution in [0, 0.1) is 0 Å². The number of phenolic OH excluding ortho intramolecular Hbond substituents is 1. The lowest BCUT2D eigenvalue weighted by molar-refractivity contribution is 0.393. The Labute approximate surface area is 152 Å². The zero-order valence-electron chi connectivity index (χ0n) is 13.8. The van der Waals surface area contributed by atoms with Gasteiger partial charge in [0.2, 0.25) is 0 Å². The van der Waals surface area contributed by atoms with Gasteiger partial charge in [0.1, 0.15) is 16.3 Å². The van der Waals surface area contributed by atoms with Crippen molar-refractivity contribution in [2.75, 3.05) is 6.54 Å². The molecule has 0 unspecified atom stereocenters. The van der Waals surface area contributed by atoms with E-state index in [2.05, 4.69) is 4.99 Å². The number of phenols is 1. The summed E-state index contributed by atoms with van der Waals surface area (Å²) in [6.07, 6.45) is 5.93. The van der Waals surface area contributed by atoms with Crippen molar-refractivity contribution in [2.45, 2.75) is 6.42 Å². The summed E-state index contributed by atoms with van der Waals surface area (Å²) in [6, 6.07) is 14.1. The van der Waals surface area contributed by atoms with E-state index in [1.165, 1.54) is 0 Å². The number of aromatic hydroxyl groups is 1. The van der Waals surface area contributed by atoms with Gasteiger partial charge < -0.3 is 14.2 Å². The Bertz CT molecular complexity index is 919. The molecule has 0 fully saturated rings. The molecule has 2 aromatic carbocycles. The third-order valence-electron chi connectivity index (χ3n) is 4.17. The molecular weight excluding hydrogens is 352 g/mol. The highest BCUT2D eigenvalue weighted by Crippen LogP contribution is 2.54. The van der Waals surface area contributed by atoms with Crippen LogP contribution in [0.15, 0.2) is 76.8 Å². The number of hydrogen-bond donors (Lipinski definition) is 3.